The lowest BCUT2D eigenvalue weighted by Gasteiger charge is -2.28. The molecule has 1 saturated heterocycles. The van der Waals surface area contributed by atoms with Crippen molar-refractivity contribution < 1.29 is 14.3 Å². The molecule has 1 aliphatic rings. The molecule has 0 aliphatic carbocycles. The van der Waals surface area contributed by atoms with Gasteiger partial charge in [-0.05, 0) is 24.3 Å². The summed E-state index contributed by atoms with van der Waals surface area (Å²) in [5.74, 6) is 0. The summed E-state index contributed by atoms with van der Waals surface area (Å²) in [4.78, 5) is 13.3. The van der Waals surface area contributed by atoms with E-state index in [9.17, 15) is 4.79 Å². The van der Waals surface area contributed by atoms with E-state index < -0.39 is 6.09 Å². The third-order valence-electron chi connectivity index (χ3n) is 2.68. The first-order valence-corrected chi connectivity index (χ1v) is 5.57. The van der Waals surface area contributed by atoms with E-state index in [0.717, 1.165) is 37.7 Å². The van der Waals surface area contributed by atoms with Crippen molar-refractivity contribution in [3.8, 4) is 0 Å². The summed E-state index contributed by atoms with van der Waals surface area (Å²) in [7, 11) is 1.34. The van der Waals surface area contributed by atoms with Crippen molar-refractivity contribution in [3.63, 3.8) is 0 Å². The maximum atomic E-state index is 11.0. The second-order valence-corrected chi connectivity index (χ2v) is 3.76. The third kappa shape index (κ3) is 3.10. The molecule has 0 saturated carbocycles. The molecule has 2 rings (SSSR count). The summed E-state index contributed by atoms with van der Waals surface area (Å²) in [6.07, 6.45) is -0.455. The lowest BCUT2D eigenvalue weighted by molar-refractivity contribution is 0.122. The van der Waals surface area contributed by atoms with E-state index in [1.54, 1.807) is 0 Å². The normalized spacial score (nSPS) is 15.5. The van der Waals surface area contributed by atoms with Gasteiger partial charge in [0.2, 0.25) is 0 Å². The number of ether oxygens (including phenoxy) is 2. The minimum Gasteiger partial charge on any atom is -0.453 e. The Balaban J connectivity index is 1.99. The van der Waals surface area contributed by atoms with Crippen LogP contribution in [0, 0.1) is 0 Å². The molecular formula is C12H16N2O3. The highest BCUT2D eigenvalue weighted by atomic mass is 16.5. The van der Waals surface area contributed by atoms with E-state index in [-0.39, 0.29) is 0 Å². The number of hydrogen-bond donors (Lipinski definition) is 1. The fourth-order valence-corrected chi connectivity index (χ4v) is 1.75. The van der Waals surface area contributed by atoms with Crippen molar-refractivity contribution in [3.05, 3.63) is 24.3 Å². The first kappa shape index (κ1) is 11.7. The van der Waals surface area contributed by atoms with Crippen molar-refractivity contribution in [2.24, 2.45) is 0 Å². The van der Waals surface area contributed by atoms with Crippen LogP contribution < -0.4 is 10.2 Å². The number of nitrogens with zero attached hydrogens (tertiary/aromatic N) is 1. The molecule has 5 nitrogen and oxygen atoms in total. The van der Waals surface area contributed by atoms with Crippen LogP contribution in [0.2, 0.25) is 0 Å². The number of benzene rings is 1. The van der Waals surface area contributed by atoms with E-state index >= 15 is 0 Å². The summed E-state index contributed by atoms with van der Waals surface area (Å²) in [6, 6.07) is 7.69. The van der Waals surface area contributed by atoms with Crippen LogP contribution in [-0.4, -0.2) is 39.5 Å². The summed E-state index contributed by atoms with van der Waals surface area (Å²) in [5, 5.41) is 2.62. The molecule has 5 heteroatoms. The number of methoxy groups -OCH3 is 1. The third-order valence-corrected chi connectivity index (χ3v) is 2.68. The Morgan fingerprint density at radius 2 is 1.94 bits per heavy atom. The molecule has 0 radical (unpaired) electrons. The fraction of sp³-hybridized carbons (Fsp3) is 0.417. The zero-order valence-corrected chi connectivity index (χ0v) is 9.81. The lowest BCUT2D eigenvalue weighted by Crippen LogP contribution is -2.36. The Morgan fingerprint density at radius 1 is 1.29 bits per heavy atom. The Hall–Kier alpha value is -1.75. The molecular weight excluding hydrogens is 220 g/mol. The van der Waals surface area contributed by atoms with Crippen LogP contribution in [-0.2, 0) is 9.47 Å². The number of anilines is 2. The number of hydrogen-bond acceptors (Lipinski definition) is 4. The molecule has 0 spiro atoms. The van der Waals surface area contributed by atoms with Gasteiger partial charge in [-0.1, -0.05) is 0 Å². The number of carbonyl (C=O) groups excluding carboxylic acids is 1. The van der Waals surface area contributed by atoms with Gasteiger partial charge >= 0.3 is 6.09 Å². The number of rotatable bonds is 2. The van der Waals surface area contributed by atoms with Crippen LogP contribution in [0.1, 0.15) is 0 Å². The maximum Gasteiger partial charge on any atom is 0.411 e. The molecule has 92 valence electrons. The second-order valence-electron chi connectivity index (χ2n) is 3.76. The van der Waals surface area contributed by atoms with Crippen LogP contribution >= 0.6 is 0 Å². The van der Waals surface area contributed by atoms with Crippen LogP contribution in [0.15, 0.2) is 24.3 Å². The summed E-state index contributed by atoms with van der Waals surface area (Å²) in [5.41, 5.74) is 1.87. The Kier molecular flexibility index (Phi) is 3.82. The number of morpholine rings is 1. The Morgan fingerprint density at radius 3 is 2.53 bits per heavy atom. The SMILES string of the molecule is COC(=O)Nc1ccc(N2CCOCC2)cc1. The van der Waals surface area contributed by atoms with Gasteiger partial charge in [-0.15, -0.1) is 0 Å². The quantitative estimate of drug-likeness (QED) is 0.849. The van der Waals surface area contributed by atoms with Crippen molar-refractivity contribution in [1.82, 2.24) is 0 Å². The van der Waals surface area contributed by atoms with Crippen LogP contribution in [0.25, 0.3) is 0 Å². The zero-order valence-electron chi connectivity index (χ0n) is 9.81. The maximum absolute atomic E-state index is 11.0. The monoisotopic (exact) mass is 236 g/mol. The van der Waals surface area contributed by atoms with Gasteiger partial charge in [-0.2, -0.15) is 0 Å². The van der Waals surface area contributed by atoms with E-state index in [1.807, 2.05) is 24.3 Å². The predicted molar refractivity (Wildman–Crippen MR) is 65.5 cm³/mol. The molecule has 0 bridgehead atoms. The highest BCUT2D eigenvalue weighted by Crippen LogP contribution is 2.18. The predicted octanol–water partition coefficient (Wildman–Crippen LogP) is 1.70. The average molecular weight is 236 g/mol. The van der Waals surface area contributed by atoms with Crippen molar-refractivity contribution in [1.29, 1.82) is 0 Å². The van der Waals surface area contributed by atoms with Gasteiger partial charge in [0.1, 0.15) is 0 Å². The van der Waals surface area contributed by atoms with E-state index in [0.29, 0.717) is 0 Å². The van der Waals surface area contributed by atoms with Crippen LogP contribution in [0.5, 0.6) is 0 Å². The first-order chi connectivity index (χ1) is 8.29. The zero-order chi connectivity index (χ0) is 12.1. The Bertz CT molecular complexity index is 372. The van der Waals surface area contributed by atoms with Gasteiger partial charge in [-0.3, -0.25) is 5.32 Å². The molecule has 1 heterocycles. The van der Waals surface area contributed by atoms with Gasteiger partial charge in [0.25, 0.3) is 0 Å². The molecule has 1 aromatic rings. The van der Waals surface area contributed by atoms with Crippen molar-refractivity contribution in [2.45, 2.75) is 0 Å². The van der Waals surface area contributed by atoms with Gasteiger partial charge in [-0.25, -0.2) is 4.79 Å². The average Bonchev–Trinajstić information content (AvgIpc) is 2.40. The van der Waals surface area contributed by atoms with Crippen molar-refractivity contribution >= 4 is 17.5 Å². The smallest absolute Gasteiger partial charge is 0.411 e. The van der Waals surface area contributed by atoms with E-state index in [1.165, 1.54) is 7.11 Å². The standard InChI is InChI=1S/C12H16N2O3/c1-16-12(15)13-10-2-4-11(5-3-10)14-6-8-17-9-7-14/h2-5H,6-9H2,1H3,(H,13,15). The van der Waals surface area contributed by atoms with E-state index in [4.69, 9.17) is 4.74 Å². The summed E-state index contributed by atoms with van der Waals surface area (Å²) in [6.45, 7) is 3.35. The van der Waals surface area contributed by atoms with E-state index in [2.05, 4.69) is 15.0 Å². The minimum atomic E-state index is -0.455. The Labute approximate surface area is 100 Å². The minimum absolute atomic E-state index is 0.455. The van der Waals surface area contributed by atoms with Gasteiger partial charge in [0.05, 0.1) is 20.3 Å². The molecule has 0 unspecified atom stereocenters. The second kappa shape index (κ2) is 5.54. The van der Waals surface area contributed by atoms with Gasteiger partial charge < -0.3 is 14.4 Å². The number of amides is 1. The topological polar surface area (TPSA) is 50.8 Å². The molecule has 1 amide bonds. The molecule has 1 aliphatic heterocycles. The van der Waals surface area contributed by atoms with Crippen LogP contribution in [0.3, 0.4) is 0 Å². The molecule has 1 N–H and O–H groups in total. The summed E-state index contributed by atoms with van der Waals surface area (Å²) < 4.78 is 9.82. The van der Waals surface area contributed by atoms with Crippen LogP contribution in [0.4, 0.5) is 16.2 Å². The number of carbonyl (C=O) groups is 1. The number of nitrogens with one attached hydrogen (secondary N) is 1. The molecule has 0 atom stereocenters. The lowest BCUT2D eigenvalue weighted by atomic mass is 10.2. The molecule has 1 fully saturated rings. The molecule has 1 aromatic carbocycles. The highest BCUT2D eigenvalue weighted by molar-refractivity contribution is 5.84. The van der Waals surface area contributed by atoms with Gasteiger partial charge in [0, 0.05) is 24.5 Å². The highest BCUT2D eigenvalue weighted by Gasteiger charge is 2.10. The molecule has 0 aromatic heterocycles. The summed E-state index contributed by atoms with van der Waals surface area (Å²) >= 11 is 0. The van der Waals surface area contributed by atoms with Gasteiger partial charge in [0.15, 0.2) is 0 Å². The molecule has 17 heavy (non-hydrogen) atoms. The first-order valence-electron chi connectivity index (χ1n) is 5.57. The van der Waals surface area contributed by atoms with Crippen molar-refractivity contribution in [2.75, 3.05) is 43.6 Å². The fourth-order valence-electron chi connectivity index (χ4n) is 1.75. The largest absolute Gasteiger partial charge is 0.453 e.